The van der Waals surface area contributed by atoms with E-state index < -0.39 is 8.07 Å². The Morgan fingerprint density at radius 2 is 1.27 bits per heavy atom. The summed E-state index contributed by atoms with van der Waals surface area (Å²) in [5, 5.41) is 1.55. The molecule has 6 rings (SSSR count). The Morgan fingerprint density at radius 3 is 1.85 bits per heavy atom. The molecule has 2 aromatic heterocycles. The Kier molecular flexibility index (Phi) is 10.4. The van der Waals surface area contributed by atoms with Crippen LogP contribution >= 0.6 is 0 Å². The third-order valence-corrected chi connectivity index (χ3v) is 9.41. The van der Waals surface area contributed by atoms with Crippen LogP contribution < -0.4 is 5.19 Å². The van der Waals surface area contributed by atoms with Crippen LogP contribution in [0.25, 0.3) is 33.6 Å². The second-order valence-corrected chi connectivity index (χ2v) is 16.3. The first-order chi connectivity index (χ1) is 19.0. The summed E-state index contributed by atoms with van der Waals surface area (Å²) < 4.78 is 0. The molecule has 4 heteroatoms. The zero-order valence-electron chi connectivity index (χ0n) is 23.5. The van der Waals surface area contributed by atoms with E-state index in [0.29, 0.717) is 0 Å². The van der Waals surface area contributed by atoms with E-state index in [1.165, 1.54) is 36.8 Å². The Balaban J connectivity index is 0.000000182. The van der Waals surface area contributed by atoms with E-state index >= 15 is 0 Å². The number of nitrogens with zero attached hydrogens (tertiary/aromatic N) is 2. The van der Waals surface area contributed by atoms with Crippen molar-refractivity contribution >= 4 is 13.3 Å². The van der Waals surface area contributed by atoms with Gasteiger partial charge in [0.1, 0.15) is 0 Å². The Labute approximate surface area is 254 Å². The van der Waals surface area contributed by atoms with E-state index in [2.05, 4.69) is 79.4 Å². The van der Waals surface area contributed by atoms with Gasteiger partial charge in [-0.2, -0.15) is 0 Å². The summed E-state index contributed by atoms with van der Waals surface area (Å²) in [5.74, 6) is 0.747. The van der Waals surface area contributed by atoms with Gasteiger partial charge in [0, 0.05) is 32.5 Å². The van der Waals surface area contributed by atoms with E-state index in [9.17, 15) is 0 Å². The minimum atomic E-state index is -1.34. The molecule has 205 valence electrons. The molecule has 40 heavy (non-hydrogen) atoms. The molecule has 0 unspecified atom stereocenters. The van der Waals surface area contributed by atoms with Crippen molar-refractivity contribution < 1.29 is 20.1 Å². The molecule has 1 aliphatic rings. The Hall–Kier alpha value is -3.17. The van der Waals surface area contributed by atoms with Crippen LogP contribution in [0.5, 0.6) is 0 Å². The average Bonchev–Trinajstić information content (AvgIpc) is 3.54. The molecule has 0 spiro atoms. The monoisotopic (exact) mass is 717 g/mol. The fourth-order valence-corrected chi connectivity index (χ4v) is 6.91. The number of rotatable bonds is 5. The van der Waals surface area contributed by atoms with Crippen molar-refractivity contribution in [2.24, 2.45) is 0 Å². The summed E-state index contributed by atoms with van der Waals surface area (Å²) >= 11 is 0. The predicted octanol–water partition coefficient (Wildman–Crippen LogP) is 8.96. The quantitative estimate of drug-likeness (QED) is 0.134. The molecule has 0 saturated heterocycles. The molecule has 1 aliphatic carbocycles. The Bertz CT molecular complexity index is 1420. The molecule has 1 radical (unpaired) electrons. The summed E-state index contributed by atoms with van der Waals surface area (Å²) in [6.07, 6.45) is 9.46. The molecule has 0 amide bonds. The average molecular weight is 717 g/mol. The topological polar surface area (TPSA) is 25.8 Å². The molecule has 1 fully saturated rings. The van der Waals surface area contributed by atoms with Crippen molar-refractivity contribution in [1.82, 2.24) is 9.97 Å². The molecule has 3 aromatic carbocycles. The summed E-state index contributed by atoms with van der Waals surface area (Å²) in [6.45, 7) is 7.28. The van der Waals surface area contributed by atoms with Gasteiger partial charge in [0.25, 0.3) is 0 Å². The molecular weight excluding hydrogens is 681 g/mol. The van der Waals surface area contributed by atoms with Crippen LogP contribution in [-0.2, 0) is 20.1 Å². The van der Waals surface area contributed by atoms with Gasteiger partial charge in [0.05, 0.1) is 8.07 Å². The molecule has 0 atom stereocenters. The molecule has 1 saturated carbocycles. The summed E-state index contributed by atoms with van der Waals surface area (Å²) in [5.41, 5.74) is 8.13. The van der Waals surface area contributed by atoms with Crippen molar-refractivity contribution in [3.05, 3.63) is 127 Å². The first kappa shape index (κ1) is 29.8. The van der Waals surface area contributed by atoms with Crippen LogP contribution in [0.15, 0.2) is 109 Å². The minimum Gasteiger partial charge on any atom is -0.305 e. The predicted molar refractivity (Wildman–Crippen MR) is 167 cm³/mol. The second kappa shape index (κ2) is 13.9. The molecule has 0 bridgehead atoms. The number of benzene rings is 3. The van der Waals surface area contributed by atoms with Gasteiger partial charge in [-0.05, 0) is 52.5 Å². The first-order valence-corrected chi connectivity index (χ1v) is 17.4. The van der Waals surface area contributed by atoms with Crippen molar-refractivity contribution in [3.63, 3.8) is 0 Å². The molecule has 0 aliphatic heterocycles. The van der Waals surface area contributed by atoms with Gasteiger partial charge in [-0.1, -0.05) is 80.5 Å². The Morgan fingerprint density at radius 1 is 0.675 bits per heavy atom. The van der Waals surface area contributed by atoms with Gasteiger partial charge in [-0.15, -0.1) is 71.8 Å². The van der Waals surface area contributed by atoms with Gasteiger partial charge < -0.3 is 9.97 Å². The van der Waals surface area contributed by atoms with E-state index in [1.54, 1.807) is 10.8 Å². The maximum atomic E-state index is 4.75. The third kappa shape index (κ3) is 7.51. The second-order valence-electron chi connectivity index (χ2n) is 11.2. The van der Waals surface area contributed by atoms with E-state index in [-0.39, 0.29) is 20.1 Å². The zero-order valence-corrected chi connectivity index (χ0v) is 26.9. The van der Waals surface area contributed by atoms with Gasteiger partial charge in [-0.25, -0.2) is 0 Å². The fraction of sp³-hybridized carbons (Fsp3) is 0.222. The van der Waals surface area contributed by atoms with E-state index in [4.69, 9.17) is 4.98 Å². The number of hydrogen-bond acceptors (Lipinski definition) is 2. The third-order valence-electron chi connectivity index (χ3n) is 7.38. The standard InChI is InChI=1S/C19H24NSi.C17H12N.Ir/c1-21(2,3)19-14-20-18(16-11-5-4-6-12-16)13-17(19)15-9-7-8-10-15;1-3-7-14(8-4-1)16-11-12-18-17(13-16)15-9-5-2-6-10-15;/h4-6,11,13-15H,7-10H2,1-3H3;1-9,11-13H;/q2*-1;. The normalized spacial score (nSPS) is 13.2. The van der Waals surface area contributed by atoms with Crippen molar-refractivity contribution in [2.45, 2.75) is 51.2 Å². The van der Waals surface area contributed by atoms with Gasteiger partial charge >= 0.3 is 0 Å². The summed E-state index contributed by atoms with van der Waals surface area (Å²) in [4.78, 5) is 9.15. The maximum absolute atomic E-state index is 4.75. The number of aromatic nitrogens is 2. The summed E-state index contributed by atoms with van der Waals surface area (Å²) in [7, 11) is -1.34. The van der Waals surface area contributed by atoms with E-state index in [1.807, 2.05) is 66.9 Å². The van der Waals surface area contributed by atoms with E-state index in [0.717, 1.165) is 28.4 Å². The van der Waals surface area contributed by atoms with Gasteiger partial charge in [0.2, 0.25) is 0 Å². The van der Waals surface area contributed by atoms with Crippen LogP contribution in [-0.4, -0.2) is 18.0 Å². The molecule has 5 aromatic rings. The summed E-state index contributed by atoms with van der Waals surface area (Å²) in [6, 6.07) is 39.4. The van der Waals surface area contributed by atoms with Crippen molar-refractivity contribution in [1.29, 1.82) is 0 Å². The van der Waals surface area contributed by atoms with Crippen LogP contribution in [0.2, 0.25) is 19.6 Å². The number of hydrogen-bond donors (Lipinski definition) is 0. The minimum absolute atomic E-state index is 0. The first-order valence-electron chi connectivity index (χ1n) is 13.9. The zero-order chi connectivity index (χ0) is 27.1. The molecule has 2 nitrogen and oxygen atoms in total. The maximum Gasteiger partial charge on any atom is 0.0799 e. The van der Waals surface area contributed by atoms with Crippen molar-refractivity contribution in [3.8, 4) is 33.6 Å². The smallest absolute Gasteiger partial charge is 0.0799 e. The molecule has 0 N–H and O–H groups in total. The van der Waals surface area contributed by atoms with Crippen LogP contribution in [0.4, 0.5) is 0 Å². The molecule has 2 heterocycles. The van der Waals surface area contributed by atoms with Crippen LogP contribution in [0, 0.1) is 12.1 Å². The van der Waals surface area contributed by atoms with Crippen LogP contribution in [0.1, 0.15) is 37.2 Å². The number of pyridine rings is 2. The largest absolute Gasteiger partial charge is 0.305 e. The van der Waals surface area contributed by atoms with Crippen molar-refractivity contribution in [2.75, 3.05) is 0 Å². The van der Waals surface area contributed by atoms with Gasteiger partial charge in [0.15, 0.2) is 0 Å². The SMILES string of the molecule is C[Si](C)(C)c1cnc(-c2[c-]cccc2)cc1C1CCCC1.[Ir].[c-]1ccccc1-c1cc(-c2ccccc2)ccn1. The molecular formula is C36H36IrN2Si-2. The van der Waals surface area contributed by atoms with Gasteiger partial charge in [-0.3, -0.25) is 0 Å². The van der Waals surface area contributed by atoms with Crippen LogP contribution in [0.3, 0.4) is 0 Å². The fourth-order valence-electron chi connectivity index (χ4n) is 5.31.